The van der Waals surface area contributed by atoms with Gasteiger partial charge in [-0.15, -0.1) is 0 Å². The summed E-state index contributed by atoms with van der Waals surface area (Å²) < 4.78 is 13.2. The number of benzene rings is 2. The molecule has 0 radical (unpaired) electrons. The summed E-state index contributed by atoms with van der Waals surface area (Å²) in [5.41, 5.74) is 2.75. The zero-order chi connectivity index (χ0) is 18.1. The average Bonchev–Trinajstić information content (AvgIpc) is 2.79. The van der Waals surface area contributed by atoms with Crippen molar-refractivity contribution in [3.8, 4) is 0 Å². The number of amides is 2. The Kier molecular flexibility index (Phi) is 4.40. The molecule has 0 unspecified atom stereocenters. The van der Waals surface area contributed by atoms with Crippen molar-refractivity contribution in [1.29, 1.82) is 0 Å². The maximum atomic E-state index is 13.2. The van der Waals surface area contributed by atoms with E-state index in [9.17, 15) is 14.0 Å². The first-order valence-corrected chi connectivity index (χ1v) is 8.10. The molecule has 1 N–H and O–H groups in total. The van der Waals surface area contributed by atoms with Crippen molar-refractivity contribution < 1.29 is 14.0 Å². The quantitative estimate of drug-likeness (QED) is 0.864. The minimum absolute atomic E-state index is 0.218. The van der Waals surface area contributed by atoms with E-state index in [4.69, 9.17) is 0 Å². The van der Waals surface area contributed by atoms with Gasteiger partial charge in [-0.3, -0.25) is 14.5 Å². The number of carbonyl (C=O) groups is 2. The fourth-order valence-corrected chi connectivity index (χ4v) is 2.88. The van der Waals surface area contributed by atoms with Crippen LogP contribution in [0.2, 0.25) is 0 Å². The minimum Gasteiger partial charge on any atom is -0.350 e. The molecule has 1 heterocycles. The fourth-order valence-electron chi connectivity index (χ4n) is 2.88. The van der Waals surface area contributed by atoms with E-state index < -0.39 is 5.82 Å². The molecule has 0 spiro atoms. The molecule has 2 aromatic rings. The Balaban J connectivity index is 2.10. The van der Waals surface area contributed by atoms with Gasteiger partial charge in [-0.25, -0.2) is 4.39 Å². The van der Waals surface area contributed by atoms with E-state index in [1.54, 1.807) is 13.8 Å². The van der Waals surface area contributed by atoms with Crippen molar-refractivity contribution in [2.75, 3.05) is 5.32 Å². The number of aryl methyl sites for hydroxylation is 1. The highest BCUT2D eigenvalue weighted by Gasteiger charge is 2.40. The maximum absolute atomic E-state index is 13.2. The van der Waals surface area contributed by atoms with Crippen molar-refractivity contribution in [3.05, 3.63) is 71.2 Å². The first-order chi connectivity index (χ1) is 11.9. The predicted octanol–water partition coefficient (Wildman–Crippen LogP) is 3.73. The molecule has 0 aromatic heterocycles. The first kappa shape index (κ1) is 16.9. The van der Waals surface area contributed by atoms with Gasteiger partial charge in [-0.2, -0.15) is 0 Å². The Morgan fingerprint density at radius 1 is 1.00 bits per heavy atom. The van der Waals surface area contributed by atoms with Crippen LogP contribution in [0.15, 0.2) is 54.2 Å². The van der Waals surface area contributed by atoms with Crippen LogP contribution in [0.25, 0.3) is 5.57 Å². The SMILES string of the molecule is Cc1cccc(NC2=C(c3ccc(F)cc3)C(=O)N(C(C)C)C2=O)c1. The number of carbonyl (C=O) groups excluding carboxylic acids is 2. The van der Waals surface area contributed by atoms with Gasteiger partial charge in [0.2, 0.25) is 0 Å². The molecule has 1 aliphatic heterocycles. The zero-order valence-electron chi connectivity index (χ0n) is 14.3. The molecule has 0 atom stereocenters. The summed E-state index contributed by atoms with van der Waals surface area (Å²) in [6, 6.07) is 12.9. The molecular formula is C20H19FN2O2. The topological polar surface area (TPSA) is 49.4 Å². The van der Waals surface area contributed by atoms with Crippen LogP contribution in [-0.4, -0.2) is 22.8 Å². The Morgan fingerprint density at radius 3 is 2.28 bits per heavy atom. The molecule has 2 aromatic carbocycles. The second-order valence-electron chi connectivity index (χ2n) is 6.33. The monoisotopic (exact) mass is 338 g/mol. The summed E-state index contributed by atoms with van der Waals surface area (Å²) >= 11 is 0. The van der Waals surface area contributed by atoms with E-state index in [1.807, 2.05) is 31.2 Å². The summed E-state index contributed by atoms with van der Waals surface area (Å²) in [4.78, 5) is 26.9. The highest BCUT2D eigenvalue weighted by molar-refractivity contribution is 6.36. The van der Waals surface area contributed by atoms with Crippen LogP contribution in [-0.2, 0) is 9.59 Å². The number of rotatable bonds is 4. The summed E-state index contributed by atoms with van der Waals surface area (Å²) in [5, 5.41) is 3.08. The lowest BCUT2D eigenvalue weighted by Crippen LogP contribution is -2.38. The van der Waals surface area contributed by atoms with E-state index in [2.05, 4.69) is 5.32 Å². The van der Waals surface area contributed by atoms with E-state index in [1.165, 1.54) is 29.2 Å². The van der Waals surface area contributed by atoms with E-state index >= 15 is 0 Å². The van der Waals surface area contributed by atoms with Crippen LogP contribution < -0.4 is 5.32 Å². The van der Waals surface area contributed by atoms with E-state index in [-0.39, 0.29) is 29.1 Å². The van der Waals surface area contributed by atoms with Gasteiger partial charge in [0.15, 0.2) is 0 Å². The number of nitrogens with zero attached hydrogens (tertiary/aromatic N) is 1. The normalized spacial score (nSPS) is 14.7. The van der Waals surface area contributed by atoms with Gasteiger partial charge in [-0.1, -0.05) is 24.3 Å². The van der Waals surface area contributed by atoms with Gasteiger partial charge < -0.3 is 5.32 Å². The Labute approximate surface area is 146 Å². The molecule has 3 rings (SSSR count). The average molecular weight is 338 g/mol. The number of imide groups is 1. The Morgan fingerprint density at radius 2 is 1.68 bits per heavy atom. The van der Waals surface area contributed by atoms with Crippen molar-refractivity contribution in [3.63, 3.8) is 0 Å². The first-order valence-electron chi connectivity index (χ1n) is 8.10. The maximum Gasteiger partial charge on any atom is 0.278 e. The van der Waals surface area contributed by atoms with Crippen molar-refractivity contribution >= 4 is 23.1 Å². The molecular weight excluding hydrogens is 319 g/mol. The van der Waals surface area contributed by atoms with Crippen LogP contribution in [0.1, 0.15) is 25.0 Å². The molecule has 0 aliphatic carbocycles. The molecule has 0 saturated carbocycles. The summed E-state index contributed by atoms with van der Waals surface area (Å²) in [6.45, 7) is 5.52. The summed E-state index contributed by atoms with van der Waals surface area (Å²) in [5.74, 6) is -1.14. The molecule has 128 valence electrons. The largest absolute Gasteiger partial charge is 0.350 e. The highest BCUT2D eigenvalue weighted by atomic mass is 19.1. The van der Waals surface area contributed by atoms with Crippen LogP contribution >= 0.6 is 0 Å². The molecule has 2 amide bonds. The number of anilines is 1. The highest BCUT2D eigenvalue weighted by Crippen LogP contribution is 2.31. The molecule has 0 bridgehead atoms. The van der Waals surface area contributed by atoms with Gasteiger partial charge >= 0.3 is 0 Å². The van der Waals surface area contributed by atoms with Crippen LogP contribution in [0.5, 0.6) is 0 Å². The van der Waals surface area contributed by atoms with E-state index in [0.717, 1.165) is 11.3 Å². The minimum atomic E-state index is -0.393. The Bertz CT molecular complexity index is 870. The van der Waals surface area contributed by atoms with Gasteiger partial charge in [-0.05, 0) is 56.2 Å². The number of hydrogen-bond acceptors (Lipinski definition) is 3. The summed E-state index contributed by atoms with van der Waals surface area (Å²) in [6.07, 6.45) is 0. The Hall–Kier alpha value is -2.95. The molecule has 1 aliphatic rings. The lowest BCUT2D eigenvalue weighted by atomic mass is 10.0. The molecule has 5 heteroatoms. The third kappa shape index (κ3) is 3.18. The predicted molar refractivity (Wildman–Crippen MR) is 95.1 cm³/mol. The van der Waals surface area contributed by atoms with Crippen molar-refractivity contribution in [2.24, 2.45) is 0 Å². The standard InChI is InChI=1S/C20H19FN2O2/c1-12(2)23-19(24)17(14-7-9-15(21)10-8-14)18(20(23)25)22-16-6-4-5-13(3)11-16/h4-12,22H,1-3H3. The second-order valence-corrected chi connectivity index (χ2v) is 6.33. The fraction of sp³-hybridized carbons (Fsp3) is 0.200. The summed E-state index contributed by atoms with van der Waals surface area (Å²) in [7, 11) is 0. The molecule has 25 heavy (non-hydrogen) atoms. The van der Waals surface area contributed by atoms with Crippen molar-refractivity contribution in [2.45, 2.75) is 26.8 Å². The molecule has 0 fully saturated rings. The second kappa shape index (κ2) is 6.51. The van der Waals surface area contributed by atoms with E-state index in [0.29, 0.717) is 5.56 Å². The molecule has 4 nitrogen and oxygen atoms in total. The van der Waals surface area contributed by atoms with Gasteiger partial charge in [0.25, 0.3) is 11.8 Å². The smallest absolute Gasteiger partial charge is 0.278 e. The third-order valence-electron chi connectivity index (χ3n) is 4.05. The van der Waals surface area contributed by atoms with Crippen LogP contribution in [0.3, 0.4) is 0 Å². The third-order valence-corrected chi connectivity index (χ3v) is 4.05. The lowest BCUT2D eigenvalue weighted by Gasteiger charge is -2.19. The lowest BCUT2D eigenvalue weighted by molar-refractivity contribution is -0.138. The molecule has 0 saturated heterocycles. The van der Waals surface area contributed by atoms with Gasteiger partial charge in [0, 0.05) is 11.7 Å². The number of halogens is 1. The van der Waals surface area contributed by atoms with Crippen molar-refractivity contribution in [1.82, 2.24) is 4.90 Å². The van der Waals surface area contributed by atoms with Gasteiger partial charge in [0.05, 0.1) is 5.57 Å². The van der Waals surface area contributed by atoms with Crippen LogP contribution in [0.4, 0.5) is 10.1 Å². The number of hydrogen-bond donors (Lipinski definition) is 1. The van der Waals surface area contributed by atoms with Gasteiger partial charge in [0.1, 0.15) is 11.5 Å². The van der Waals surface area contributed by atoms with Crippen LogP contribution in [0, 0.1) is 12.7 Å². The number of nitrogens with one attached hydrogen (secondary N) is 1. The zero-order valence-corrected chi connectivity index (χ0v) is 14.3.